The second-order valence-corrected chi connectivity index (χ2v) is 3.61. The highest BCUT2D eigenvalue weighted by molar-refractivity contribution is 5.22. The van der Waals surface area contributed by atoms with Crippen LogP contribution in [0.2, 0.25) is 0 Å². The molecule has 14 heavy (non-hydrogen) atoms. The summed E-state index contributed by atoms with van der Waals surface area (Å²) < 4.78 is 12.7. The molecule has 78 valence electrons. The van der Waals surface area contributed by atoms with E-state index in [2.05, 4.69) is 5.10 Å². The van der Waals surface area contributed by atoms with Crippen LogP contribution in [-0.4, -0.2) is 35.1 Å². The van der Waals surface area contributed by atoms with Gasteiger partial charge in [-0.1, -0.05) is 0 Å². The first-order valence-electron chi connectivity index (χ1n) is 4.67. The Labute approximate surface area is 82.8 Å². The molecule has 5 nitrogen and oxygen atoms in total. The van der Waals surface area contributed by atoms with Crippen molar-refractivity contribution in [1.29, 1.82) is 0 Å². The topological polar surface area (TPSA) is 62.3 Å². The van der Waals surface area contributed by atoms with Gasteiger partial charge < -0.3 is 15.2 Å². The van der Waals surface area contributed by atoms with Gasteiger partial charge in [-0.05, 0) is 6.92 Å². The van der Waals surface area contributed by atoms with Crippen LogP contribution in [0.1, 0.15) is 5.56 Å². The molecule has 0 aromatic carbocycles. The normalized spacial score (nSPS) is 26.8. The molecule has 0 amide bonds. The zero-order valence-electron chi connectivity index (χ0n) is 8.43. The predicted octanol–water partition coefficient (Wildman–Crippen LogP) is -0.167. The quantitative estimate of drug-likeness (QED) is 0.715. The van der Waals surface area contributed by atoms with E-state index in [-0.39, 0.29) is 12.1 Å². The number of nitrogens with two attached hydrogens (primary N) is 1. The van der Waals surface area contributed by atoms with E-state index in [0.717, 1.165) is 11.4 Å². The van der Waals surface area contributed by atoms with E-state index >= 15 is 0 Å². The van der Waals surface area contributed by atoms with E-state index in [1.54, 1.807) is 10.9 Å². The lowest BCUT2D eigenvalue weighted by molar-refractivity contribution is 0.132. The summed E-state index contributed by atoms with van der Waals surface area (Å²) in [5.41, 5.74) is 6.84. The number of hydrogen-bond acceptors (Lipinski definition) is 4. The summed E-state index contributed by atoms with van der Waals surface area (Å²) in [4.78, 5) is 0. The Hall–Kier alpha value is -1.07. The predicted molar refractivity (Wildman–Crippen MR) is 51.2 cm³/mol. The van der Waals surface area contributed by atoms with Crippen molar-refractivity contribution in [3.8, 4) is 5.88 Å². The van der Waals surface area contributed by atoms with Gasteiger partial charge in [-0.3, -0.25) is 0 Å². The Morgan fingerprint density at radius 1 is 1.64 bits per heavy atom. The van der Waals surface area contributed by atoms with Crippen molar-refractivity contribution in [2.45, 2.75) is 19.1 Å². The molecule has 2 atom stereocenters. The summed E-state index contributed by atoms with van der Waals surface area (Å²) in [6.45, 7) is 3.09. The van der Waals surface area contributed by atoms with Gasteiger partial charge in [-0.2, -0.15) is 5.10 Å². The maximum Gasteiger partial charge on any atom is 0.214 e. The Morgan fingerprint density at radius 3 is 2.93 bits per heavy atom. The van der Waals surface area contributed by atoms with Crippen molar-refractivity contribution < 1.29 is 9.47 Å². The van der Waals surface area contributed by atoms with Crippen molar-refractivity contribution in [3.63, 3.8) is 0 Å². The molecule has 0 radical (unpaired) electrons. The minimum Gasteiger partial charge on any atom is -0.470 e. The number of aromatic nitrogens is 2. The number of aryl methyl sites for hydroxylation is 2. The van der Waals surface area contributed by atoms with E-state index < -0.39 is 0 Å². The second kappa shape index (κ2) is 3.59. The second-order valence-electron chi connectivity index (χ2n) is 3.61. The number of hydrogen-bond donors (Lipinski definition) is 1. The Morgan fingerprint density at radius 2 is 2.43 bits per heavy atom. The molecule has 0 spiro atoms. The lowest BCUT2D eigenvalue weighted by Gasteiger charge is -2.16. The first kappa shape index (κ1) is 9.48. The Bertz CT molecular complexity index is 304. The van der Waals surface area contributed by atoms with Gasteiger partial charge in [-0.15, -0.1) is 0 Å². The van der Waals surface area contributed by atoms with Crippen molar-refractivity contribution in [2.75, 3.05) is 13.2 Å². The van der Waals surface area contributed by atoms with Crippen LogP contribution >= 0.6 is 0 Å². The molecule has 2 unspecified atom stereocenters. The molecule has 5 heteroatoms. The molecule has 2 N–H and O–H groups in total. The average molecular weight is 197 g/mol. The molecule has 1 saturated heterocycles. The minimum atomic E-state index is -0.0518. The molecule has 1 aromatic heterocycles. The molecule has 1 fully saturated rings. The Kier molecular flexibility index (Phi) is 2.43. The molecule has 0 saturated carbocycles. The Balaban J connectivity index is 2.10. The number of nitrogens with zero attached hydrogens (tertiary/aromatic N) is 2. The van der Waals surface area contributed by atoms with Crippen LogP contribution in [0.3, 0.4) is 0 Å². The van der Waals surface area contributed by atoms with E-state index in [0.29, 0.717) is 13.2 Å². The minimum absolute atomic E-state index is 0.0377. The number of ether oxygens (including phenoxy) is 2. The molecule has 2 heterocycles. The highest BCUT2D eigenvalue weighted by Gasteiger charge is 2.27. The first-order valence-corrected chi connectivity index (χ1v) is 4.67. The lowest BCUT2D eigenvalue weighted by Crippen LogP contribution is -2.37. The average Bonchev–Trinajstić information content (AvgIpc) is 2.67. The van der Waals surface area contributed by atoms with Crippen molar-refractivity contribution in [2.24, 2.45) is 12.8 Å². The largest absolute Gasteiger partial charge is 0.470 e. The molecular weight excluding hydrogens is 182 g/mol. The summed E-state index contributed by atoms with van der Waals surface area (Å²) >= 11 is 0. The third-order valence-electron chi connectivity index (χ3n) is 2.39. The third-order valence-corrected chi connectivity index (χ3v) is 2.39. The zero-order chi connectivity index (χ0) is 10.1. The van der Waals surface area contributed by atoms with E-state index in [9.17, 15) is 0 Å². The molecule has 0 aliphatic carbocycles. The van der Waals surface area contributed by atoms with E-state index in [1.165, 1.54) is 0 Å². The van der Waals surface area contributed by atoms with Gasteiger partial charge >= 0.3 is 0 Å². The third kappa shape index (κ3) is 1.60. The highest BCUT2D eigenvalue weighted by Crippen LogP contribution is 2.19. The van der Waals surface area contributed by atoms with Crippen molar-refractivity contribution in [3.05, 3.63) is 11.8 Å². The monoisotopic (exact) mass is 197 g/mol. The van der Waals surface area contributed by atoms with Crippen molar-refractivity contribution in [1.82, 2.24) is 9.78 Å². The standard InChI is InChI=1S/C9H15N3O2/c1-6-3-11-12(2)9(6)14-8-5-13-4-7(8)10/h3,7-8H,4-5,10H2,1-2H3. The number of rotatable bonds is 2. The molecule has 1 aliphatic heterocycles. The van der Waals surface area contributed by atoms with Crippen LogP contribution in [0, 0.1) is 6.92 Å². The maximum absolute atomic E-state index is 5.82. The summed E-state index contributed by atoms with van der Waals surface area (Å²) in [6, 6.07) is -0.0377. The van der Waals surface area contributed by atoms with Crippen LogP contribution in [-0.2, 0) is 11.8 Å². The summed E-state index contributed by atoms with van der Waals surface area (Å²) in [6.07, 6.45) is 1.72. The van der Waals surface area contributed by atoms with Gasteiger partial charge in [0.05, 0.1) is 25.5 Å². The van der Waals surface area contributed by atoms with Crippen LogP contribution in [0.4, 0.5) is 0 Å². The zero-order valence-corrected chi connectivity index (χ0v) is 8.43. The van der Waals surface area contributed by atoms with Crippen LogP contribution < -0.4 is 10.5 Å². The van der Waals surface area contributed by atoms with Gasteiger partial charge in [0, 0.05) is 12.6 Å². The van der Waals surface area contributed by atoms with Crippen molar-refractivity contribution >= 4 is 0 Å². The smallest absolute Gasteiger partial charge is 0.214 e. The van der Waals surface area contributed by atoms with Crippen LogP contribution in [0.15, 0.2) is 6.20 Å². The SMILES string of the molecule is Cc1cnn(C)c1OC1COCC1N. The molecule has 1 aromatic rings. The fourth-order valence-electron chi connectivity index (χ4n) is 1.52. The fraction of sp³-hybridized carbons (Fsp3) is 0.667. The molecular formula is C9H15N3O2. The molecule has 1 aliphatic rings. The summed E-state index contributed by atoms with van der Waals surface area (Å²) in [5, 5.41) is 4.09. The van der Waals surface area contributed by atoms with Gasteiger partial charge in [0.2, 0.25) is 5.88 Å². The van der Waals surface area contributed by atoms with Gasteiger partial charge in [0.25, 0.3) is 0 Å². The maximum atomic E-state index is 5.82. The van der Waals surface area contributed by atoms with Gasteiger partial charge in [0.15, 0.2) is 0 Å². The lowest BCUT2D eigenvalue weighted by atomic mass is 10.2. The van der Waals surface area contributed by atoms with Gasteiger partial charge in [-0.25, -0.2) is 4.68 Å². The molecule has 0 bridgehead atoms. The van der Waals surface area contributed by atoms with Gasteiger partial charge in [0.1, 0.15) is 6.10 Å². The summed E-state index contributed by atoms with van der Waals surface area (Å²) in [7, 11) is 1.85. The molecule has 2 rings (SSSR count). The van der Waals surface area contributed by atoms with Crippen LogP contribution in [0.5, 0.6) is 5.88 Å². The van der Waals surface area contributed by atoms with Crippen LogP contribution in [0.25, 0.3) is 0 Å². The van der Waals surface area contributed by atoms with E-state index in [1.807, 2.05) is 14.0 Å². The van der Waals surface area contributed by atoms with E-state index in [4.69, 9.17) is 15.2 Å². The highest BCUT2D eigenvalue weighted by atomic mass is 16.6. The first-order chi connectivity index (χ1) is 6.68. The fourth-order valence-corrected chi connectivity index (χ4v) is 1.52. The summed E-state index contributed by atoms with van der Waals surface area (Å²) in [5.74, 6) is 0.774.